The van der Waals surface area contributed by atoms with Gasteiger partial charge in [-0.1, -0.05) is 0 Å². The summed E-state index contributed by atoms with van der Waals surface area (Å²) in [6, 6.07) is 4.19. The van der Waals surface area contributed by atoms with Gasteiger partial charge in [0.1, 0.15) is 5.75 Å². The molecule has 1 aromatic rings. The number of aliphatic carboxylic acids is 1. The number of carbonyl (C=O) groups is 2. The summed E-state index contributed by atoms with van der Waals surface area (Å²) in [6.45, 7) is 2.19. The zero-order valence-corrected chi connectivity index (χ0v) is 12.3. The molecule has 116 valence electrons. The Morgan fingerprint density at radius 1 is 1.38 bits per heavy atom. The first-order valence-electron chi connectivity index (χ1n) is 6.74. The molecule has 0 saturated heterocycles. The molecule has 0 spiro atoms. The van der Waals surface area contributed by atoms with Crippen LogP contribution in [0.5, 0.6) is 5.75 Å². The monoisotopic (exact) mass is 295 g/mol. The number of hydrogen-bond acceptors (Lipinski definition) is 5. The molecule has 1 unspecified atom stereocenters. The molecule has 1 rings (SSSR count). The van der Waals surface area contributed by atoms with Gasteiger partial charge >= 0.3 is 5.97 Å². The molecule has 6 nitrogen and oxygen atoms in total. The maximum Gasteiger partial charge on any atom is 0.305 e. The van der Waals surface area contributed by atoms with Crippen molar-refractivity contribution >= 4 is 11.8 Å². The third-order valence-corrected chi connectivity index (χ3v) is 3.10. The van der Waals surface area contributed by atoms with Crippen LogP contribution in [0.2, 0.25) is 0 Å². The molecule has 1 aromatic carbocycles. The van der Waals surface area contributed by atoms with Gasteiger partial charge in [0.15, 0.2) is 5.78 Å². The predicted molar refractivity (Wildman–Crippen MR) is 77.8 cm³/mol. The predicted octanol–water partition coefficient (Wildman–Crippen LogP) is 1.00. The quantitative estimate of drug-likeness (QED) is 0.465. The Morgan fingerprint density at radius 3 is 2.62 bits per heavy atom. The fourth-order valence-corrected chi connectivity index (χ4v) is 2.02. The molecule has 0 aliphatic rings. The number of carboxylic acid groups (broad SMARTS) is 1. The second kappa shape index (κ2) is 8.39. The van der Waals surface area contributed by atoms with Gasteiger partial charge in [0.2, 0.25) is 0 Å². The lowest BCUT2D eigenvalue weighted by atomic mass is 9.99. The summed E-state index contributed by atoms with van der Waals surface area (Å²) in [4.78, 5) is 23.3. The van der Waals surface area contributed by atoms with E-state index in [-0.39, 0.29) is 18.8 Å². The van der Waals surface area contributed by atoms with E-state index < -0.39 is 12.0 Å². The third kappa shape index (κ3) is 5.17. The fourth-order valence-electron chi connectivity index (χ4n) is 2.02. The van der Waals surface area contributed by atoms with Gasteiger partial charge in [-0.2, -0.15) is 0 Å². The van der Waals surface area contributed by atoms with Gasteiger partial charge in [-0.05, 0) is 43.7 Å². The first kappa shape index (κ1) is 17.1. The minimum Gasteiger partial charge on any atom is -0.496 e. The van der Waals surface area contributed by atoms with Crippen LogP contribution in [0.4, 0.5) is 0 Å². The summed E-state index contributed by atoms with van der Waals surface area (Å²) in [7, 11) is 1.55. The summed E-state index contributed by atoms with van der Waals surface area (Å²) < 4.78 is 5.14. The Labute approximate surface area is 123 Å². The molecule has 6 heteroatoms. The van der Waals surface area contributed by atoms with Crippen LogP contribution in [0, 0.1) is 6.92 Å². The summed E-state index contributed by atoms with van der Waals surface area (Å²) in [5.41, 5.74) is 1.25. The number of nitrogens with one attached hydrogen (secondary N) is 1. The molecule has 0 heterocycles. The zero-order chi connectivity index (χ0) is 15.8. The van der Waals surface area contributed by atoms with Crippen molar-refractivity contribution in [2.24, 2.45) is 0 Å². The molecule has 0 amide bonds. The van der Waals surface area contributed by atoms with Gasteiger partial charge in [-0.25, -0.2) is 0 Å². The van der Waals surface area contributed by atoms with Crippen LogP contribution in [0.25, 0.3) is 0 Å². The number of Topliss-reactive ketones (excluding diaryl/α,β-unsaturated/α-hetero) is 1. The van der Waals surface area contributed by atoms with Gasteiger partial charge in [0.05, 0.1) is 19.6 Å². The lowest BCUT2D eigenvalue weighted by molar-refractivity contribution is -0.137. The van der Waals surface area contributed by atoms with Crippen molar-refractivity contribution < 1.29 is 24.5 Å². The van der Waals surface area contributed by atoms with E-state index in [1.54, 1.807) is 25.3 Å². The molecule has 0 aliphatic heterocycles. The van der Waals surface area contributed by atoms with Crippen molar-refractivity contribution in [2.75, 3.05) is 20.3 Å². The average molecular weight is 295 g/mol. The highest BCUT2D eigenvalue weighted by Crippen LogP contribution is 2.19. The minimum absolute atomic E-state index is 0.0113. The van der Waals surface area contributed by atoms with Crippen LogP contribution in [0.1, 0.15) is 28.8 Å². The smallest absolute Gasteiger partial charge is 0.305 e. The number of methoxy groups -OCH3 is 1. The Kier molecular flexibility index (Phi) is 6.84. The van der Waals surface area contributed by atoms with Crippen molar-refractivity contribution in [1.29, 1.82) is 0 Å². The number of aliphatic hydroxyl groups excluding tert-OH is 1. The van der Waals surface area contributed by atoms with Crippen LogP contribution < -0.4 is 10.1 Å². The second-order valence-corrected chi connectivity index (χ2v) is 4.73. The van der Waals surface area contributed by atoms with E-state index in [2.05, 4.69) is 5.32 Å². The molecule has 3 N–H and O–H groups in total. The van der Waals surface area contributed by atoms with E-state index in [9.17, 15) is 9.59 Å². The van der Waals surface area contributed by atoms with Crippen molar-refractivity contribution in [3.8, 4) is 5.75 Å². The maximum atomic E-state index is 12.4. The van der Waals surface area contributed by atoms with E-state index in [0.29, 0.717) is 24.3 Å². The molecule has 0 aliphatic carbocycles. The third-order valence-electron chi connectivity index (χ3n) is 3.10. The lowest BCUT2D eigenvalue weighted by Crippen LogP contribution is -2.39. The maximum absolute atomic E-state index is 12.4. The number of ketones is 1. The number of aryl methyl sites for hydroxylation is 1. The molecular weight excluding hydrogens is 274 g/mol. The van der Waals surface area contributed by atoms with E-state index in [1.807, 2.05) is 6.92 Å². The number of rotatable bonds is 9. The van der Waals surface area contributed by atoms with Crippen LogP contribution in [0.3, 0.4) is 0 Å². The summed E-state index contributed by atoms with van der Waals surface area (Å²) in [5, 5.41) is 20.5. The molecule has 0 saturated carbocycles. The van der Waals surface area contributed by atoms with Crippen molar-refractivity contribution in [3.05, 3.63) is 29.3 Å². The Bertz CT molecular complexity index is 501. The van der Waals surface area contributed by atoms with E-state index in [4.69, 9.17) is 14.9 Å². The Morgan fingerprint density at radius 2 is 2.10 bits per heavy atom. The molecule has 21 heavy (non-hydrogen) atoms. The van der Waals surface area contributed by atoms with Crippen molar-refractivity contribution in [1.82, 2.24) is 5.32 Å². The number of carboxylic acids is 1. The van der Waals surface area contributed by atoms with Gasteiger partial charge in [-0.3, -0.25) is 9.59 Å². The number of carbonyl (C=O) groups excluding carboxylic acids is 1. The summed E-state index contributed by atoms with van der Waals surface area (Å²) in [6.07, 6.45) is 0.167. The van der Waals surface area contributed by atoms with Gasteiger partial charge in [0, 0.05) is 12.2 Å². The largest absolute Gasteiger partial charge is 0.496 e. The standard InChI is InChI=1S/C15H21NO5/c1-10-8-11(4-5-13(10)21-2)15(20)12(9-14(18)19)16-6-3-7-17/h4-5,8,12,16-17H,3,6-7,9H2,1-2H3,(H,18,19). The molecule has 1 atom stereocenters. The van der Waals surface area contributed by atoms with E-state index >= 15 is 0 Å². The van der Waals surface area contributed by atoms with Crippen LogP contribution in [-0.2, 0) is 4.79 Å². The highest BCUT2D eigenvalue weighted by Gasteiger charge is 2.22. The normalized spacial score (nSPS) is 12.0. The molecule has 0 fully saturated rings. The van der Waals surface area contributed by atoms with Crippen LogP contribution >= 0.6 is 0 Å². The Hall–Kier alpha value is -1.92. The van der Waals surface area contributed by atoms with Gasteiger partial charge < -0.3 is 20.3 Å². The van der Waals surface area contributed by atoms with Crippen LogP contribution in [0.15, 0.2) is 18.2 Å². The fraction of sp³-hybridized carbons (Fsp3) is 0.467. The molecular formula is C15H21NO5. The molecule has 0 bridgehead atoms. The number of ether oxygens (including phenoxy) is 1. The SMILES string of the molecule is COc1ccc(C(=O)C(CC(=O)O)NCCCO)cc1C. The van der Waals surface area contributed by atoms with Crippen molar-refractivity contribution in [3.63, 3.8) is 0 Å². The topological polar surface area (TPSA) is 95.9 Å². The number of benzene rings is 1. The zero-order valence-electron chi connectivity index (χ0n) is 12.3. The lowest BCUT2D eigenvalue weighted by Gasteiger charge is -2.16. The molecule has 0 radical (unpaired) electrons. The number of hydrogen-bond donors (Lipinski definition) is 3. The van der Waals surface area contributed by atoms with Crippen LogP contribution in [-0.4, -0.2) is 48.3 Å². The minimum atomic E-state index is -1.05. The highest BCUT2D eigenvalue weighted by molar-refractivity contribution is 6.02. The number of aliphatic hydroxyl groups is 1. The summed E-state index contributed by atoms with van der Waals surface area (Å²) >= 11 is 0. The first-order chi connectivity index (χ1) is 9.99. The van der Waals surface area contributed by atoms with E-state index in [1.165, 1.54) is 0 Å². The Balaban J connectivity index is 2.87. The van der Waals surface area contributed by atoms with Crippen molar-refractivity contribution in [2.45, 2.75) is 25.8 Å². The molecule has 0 aromatic heterocycles. The first-order valence-corrected chi connectivity index (χ1v) is 6.74. The average Bonchev–Trinajstić information content (AvgIpc) is 2.45. The summed E-state index contributed by atoms with van der Waals surface area (Å²) in [5.74, 6) is -0.647. The second-order valence-electron chi connectivity index (χ2n) is 4.73. The highest BCUT2D eigenvalue weighted by atomic mass is 16.5. The van der Waals surface area contributed by atoms with Gasteiger partial charge in [0.25, 0.3) is 0 Å². The van der Waals surface area contributed by atoms with E-state index in [0.717, 1.165) is 5.56 Å². The van der Waals surface area contributed by atoms with Gasteiger partial charge in [-0.15, -0.1) is 0 Å².